The van der Waals surface area contributed by atoms with Gasteiger partial charge >= 0.3 is 0 Å². The molecule has 0 saturated heterocycles. The Morgan fingerprint density at radius 1 is 1.40 bits per heavy atom. The molecule has 0 radical (unpaired) electrons. The number of nitrogens with zero attached hydrogens (tertiary/aromatic N) is 2. The van der Waals surface area contributed by atoms with Gasteiger partial charge in [-0.1, -0.05) is 23.7 Å². The van der Waals surface area contributed by atoms with E-state index >= 15 is 0 Å². The predicted octanol–water partition coefficient (Wildman–Crippen LogP) is 3.93. The first-order valence-corrected chi connectivity index (χ1v) is 8.23. The standard InChI is InChI=1S/C16H13BrClN3O4/c1-10(25-15-5-3-2-4-13(15)17)16(22)20-19-9-11-8-12(18)6-7-14(11)21(23)24/h2-10H,1H3,(H,20,22)/b19-9+. The zero-order chi connectivity index (χ0) is 18.4. The van der Waals surface area contributed by atoms with Crippen LogP contribution in [0.4, 0.5) is 5.69 Å². The Morgan fingerprint density at radius 2 is 2.12 bits per heavy atom. The summed E-state index contributed by atoms with van der Waals surface area (Å²) in [5.41, 5.74) is 2.29. The van der Waals surface area contributed by atoms with E-state index in [0.29, 0.717) is 15.2 Å². The summed E-state index contributed by atoms with van der Waals surface area (Å²) in [6, 6.07) is 11.2. The second-order valence-electron chi connectivity index (χ2n) is 4.89. The number of carbonyl (C=O) groups is 1. The lowest BCUT2D eigenvalue weighted by molar-refractivity contribution is -0.385. The molecule has 0 spiro atoms. The number of hydrogen-bond donors (Lipinski definition) is 1. The zero-order valence-corrected chi connectivity index (χ0v) is 15.3. The van der Waals surface area contributed by atoms with E-state index < -0.39 is 16.9 Å². The van der Waals surface area contributed by atoms with Crippen LogP contribution in [0.25, 0.3) is 0 Å². The van der Waals surface area contributed by atoms with Crippen molar-refractivity contribution >= 4 is 45.3 Å². The maximum Gasteiger partial charge on any atom is 0.280 e. The highest BCUT2D eigenvalue weighted by Gasteiger charge is 2.16. The molecule has 0 aromatic heterocycles. The molecule has 2 aromatic carbocycles. The highest BCUT2D eigenvalue weighted by Crippen LogP contribution is 2.25. The van der Waals surface area contributed by atoms with Crippen LogP contribution in [0.5, 0.6) is 5.75 Å². The first-order valence-electron chi connectivity index (χ1n) is 7.06. The largest absolute Gasteiger partial charge is 0.480 e. The minimum Gasteiger partial charge on any atom is -0.480 e. The highest BCUT2D eigenvalue weighted by atomic mass is 79.9. The average molecular weight is 427 g/mol. The van der Waals surface area contributed by atoms with Crippen molar-refractivity contribution in [2.75, 3.05) is 0 Å². The number of nitrogens with one attached hydrogen (secondary N) is 1. The lowest BCUT2D eigenvalue weighted by Crippen LogP contribution is -2.33. The van der Waals surface area contributed by atoms with Gasteiger partial charge in [0, 0.05) is 11.1 Å². The zero-order valence-electron chi connectivity index (χ0n) is 13.0. The predicted molar refractivity (Wildman–Crippen MR) is 98.1 cm³/mol. The van der Waals surface area contributed by atoms with Gasteiger partial charge in [0.15, 0.2) is 6.10 Å². The molecule has 25 heavy (non-hydrogen) atoms. The van der Waals surface area contributed by atoms with Gasteiger partial charge in [-0.15, -0.1) is 0 Å². The van der Waals surface area contributed by atoms with Crippen molar-refractivity contribution in [3.05, 3.63) is 67.6 Å². The van der Waals surface area contributed by atoms with E-state index in [4.69, 9.17) is 16.3 Å². The third-order valence-corrected chi connectivity index (χ3v) is 3.96. The molecule has 0 fully saturated rings. The molecule has 0 bridgehead atoms. The fraction of sp³-hybridized carbons (Fsp3) is 0.125. The van der Waals surface area contributed by atoms with Gasteiger partial charge in [-0.05, 0) is 47.1 Å². The van der Waals surface area contributed by atoms with Crippen molar-refractivity contribution in [2.24, 2.45) is 5.10 Å². The summed E-state index contributed by atoms with van der Waals surface area (Å²) in [5, 5.41) is 15.0. The molecule has 9 heteroatoms. The maximum absolute atomic E-state index is 12.0. The highest BCUT2D eigenvalue weighted by molar-refractivity contribution is 9.10. The summed E-state index contributed by atoms with van der Waals surface area (Å²) in [5.74, 6) is 0.0105. The van der Waals surface area contributed by atoms with Gasteiger partial charge in [-0.3, -0.25) is 14.9 Å². The number of benzene rings is 2. The van der Waals surface area contributed by atoms with Gasteiger partial charge in [0.2, 0.25) is 0 Å². The maximum atomic E-state index is 12.0. The fourth-order valence-electron chi connectivity index (χ4n) is 1.84. The first kappa shape index (κ1) is 18.9. The number of halogens is 2. The molecule has 0 heterocycles. The molecule has 0 aliphatic heterocycles. The van der Waals surface area contributed by atoms with Gasteiger partial charge < -0.3 is 4.74 Å². The normalized spacial score (nSPS) is 12.0. The number of para-hydroxylation sites is 1. The Morgan fingerprint density at radius 3 is 2.80 bits per heavy atom. The summed E-state index contributed by atoms with van der Waals surface area (Å²) in [6.07, 6.45) is 0.345. The SMILES string of the molecule is CC(Oc1ccccc1Br)C(=O)N/N=C/c1cc(Cl)ccc1[N+](=O)[O-]. The van der Waals surface area contributed by atoms with Crippen LogP contribution in [0.1, 0.15) is 12.5 Å². The number of rotatable bonds is 6. The van der Waals surface area contributed by atoms with Gasteiger partial charge in [0.25, 0.3) is 11.6 Å². The third kappa shape index (κ3) is 5.27. The van der Waals surface area contributed by atoms with Crippen molar-refractivity contribution in [3.63, 3.8) is 0 Å². The molecule has 1 unspecified atom stereocenters. The van der Waals surface area contributed by atoms with E-state index in [0.717, 1.165) is 6.21 Å². The van der Waals surface area contributed by atoms with Crippen LogP contribution in [0.15, 0.2) is 52.0 Å². The summed E-state index contributed by atoms with van der Waals surface area (Å²) in [6.45, 7) is 1.56. The second-order valence-corrected chi connectivity index (χ2v) is 6.18. The van der Waals surface area contributed by atoms with E-state index in [9.17, 15) is 14.9 Å². The van der Waals surface area contributed by atoms with Crippen molar-refractivity contribution < 1.29 is 14.5 Å². The van der Waals surface area contributed by atoms with Crippen LogP contribution in [-0.4, -0.2) is 23.1 Å². The van der Waals surface area contributed by atoms with Crippen LogP contribution >= 0.6 is 27.5 Å². The lowest BCUT2D eigenvalue weighted by atomic mass is 10.2. The topological polar surface area (TPSA) is 93.8 Å². The Labute approximate surface area is 156 Å². The van der Waals surface area contributed by atoms with Crippen LogP contribution in [-0.2, 0) is 4.79 Å². The van der Waals surface area contributed by atoms with E-state index in [1.807, 2.05) is 6.07 Å². The summed E-state index contributed by atoms with van der Waals surface area (Å²) < 4.78 is 6.24. The van der Waals surface area contributed by atoms with Crippen LogP contribution in [0.2, 0.25) is 5.02 Å². The van der Waals surface area contributed by atoms with Crippen LogP contribution in [0, 0.1) is 10.1 Å². The summed E-state index contributed by atoms with van der Waals surface area (Å²) in [7, 11) is 0. The van der Waals surface area contributed by atoms with E-state index in [2.05, 4.69) is 26.5 Å². The smallest absolute Gasteiger partial charge is 0.280 e. The molecule has 1 N–H and O–H groups in total. The van der Waals surface area contributed by atoms with E-state index in [1.54, 1.807) is 25.1 Å². The van der Waals surface area contributed by atoms with Gasteiger partial charge in [-0.2, -0.15) is 5.10 Å². The van der Waals surface area contributed by atoms with Crippen molar-refractivity contribution in [1.29, 1.82) is 0 Å². The number of carbonyl (C=O) groups excluding carboxylic acids is 1. The molecule has 2 rings (SSSR count). The number of nitro benzene ring substituents is 1. The fourth-order valence-corrected chi connectivity index (χ4v) is 2.39. The summed E-state index contributed by atoms with van der Waals surface area (Å²) in [4.78, 5) is 22.4. The molecule has 1 amide bonds. The minimum absolute atomic E-state index is 0.167. The lowest BCUT2D eigenvalue weighted by Gasteiger charge is -2.13. The Hall–Kier alpha value is -2.45. The number of ether oxygens (including phenoxy) is 1. The van der Waals surface area contributed by atoms with Gasteiger partial charge in [-0.25, -0.2) is 5.43 Å². The number of amides is 1. The summed E-state index contributed by atoms with van der Waals surface area (Å²) >= 11 is 9.15. The van der Waals surface area contributed by atoms with E-state index in [-0.39, 0.29) is 11.3 Å². The van der Waals surface area contributed by atoms with Crippen LogP contribution in [0.3, 0.4) is 0 Å². The van der Waals surface area contributed by atoms with Crippen LogP contribution < -0.4 is 10.2 Å². The Balaban J connectivity index is 2.02. The van der Waals surface area contributed by atoms with Crippen molar-refractivity contribution in [2.45, 2.75) is 13.0 Å². The quantitative estimate of drug-likeness (QED) is 0.430. The first-order chi connectivity index (χ1) is 11.9. The third-order valence-electron chi connectivity index (χ3n) is 3.07. The molecular formula is C16H13BrClN3O4. The van der Waals surface area contributed by atoms with E-state index in [1.165, 1.54) is 18.2 Å². The van der Waals surface area contributed by atoms with Crippen molar-refractivity contribution in [1.82, 2.24) is 5.43 Å². The molecule has 0 aliphatic rings. The second kappa shape index (κ2) is 8.59. The van der Waals surface area contributed by atoms with Gasteiger partial charge in [0.05, 0.1) is 21.2 Å². The molecular weight excluding hydrogens is 414 g/mol. The molecule has 130 valence electrons. The minimum atomic E-state index is -0.815. The van der Waals surface area contributed by atoms with Gasteiger partial charge in [0.1, 0.15) is 5.75 Å². The molecule has 0 aliphatic carbocycles. The molecule has 1 atom stereocenters. The Kier molecular flexibility index (Phi) is 6.49. The number of hydrogen-bond acceptors (Lipinski definition) is 5. The number of hydrazone groups is 1. The molecule has 0 saturated carbocycles. The molecule has 7 nitrogen and oxygen atoms in total. The average Bonchev–Trinajstić information content (AvgIpc) is 2.56. The van der Waals surface area contributed by atoms with Crippen molar-refractivity contribution in [3.8, 4) is 5.75 Å². The monoisotopic (exact) mass is 425 g/mol. The molecule has 2 aromatic rings. The number of nitro groups is 1. The Bertz CT molecular complexity index is 829.